The van der Waals surface area contributed by atoms with Crippen LogP contribution in [0.5, 0.6) is 0 Å². The third-order valence-corrected chi connectivity index (χ3v) is 4.69. The van der Waals surface area contributed by atoms with E-state index in [2.05, 4.69) is 10.2 Å². The van der Waals surface area contributed by atoms with Crippen LogP contribution < -0.4 is 5.32 Å². The number of likely N-dealkylation sites (N-methyl/N-ethyl adjacent to an activating group) is 1. The van der Waals surface area contributed by atoms with Gasteiger partial charge >= 0.3 is 6.09 Å². The van der Waals surface area contributed by atoms with Gasteiger partial charge in [-0.15, -0.1) is 0 Å². The Bertz CT molecular complexity index is 782. The van der Waals surface area contributed by atoms with Gasteiger partial charge in [-0.1, -0.05) is 18.2 Å². The lowest BCUT2D eigenvalue weighted by molar-refractivity contribution is 0.127. The molecule has 0 unspecified atom stereocenters. The maximum atomic E-state index is 13.7. The number of anilines is 1. The van der Waals surface area contributed by atoms with Crippen LogP contribution in [0.15, 0.2) is 42.5 Å². The molecule has 0 bridgehead atoms. The predicted octanol–water partition coefficient (Wildman–Crippen LogP) is 4.60. The molecule has 1 aliphatic rings. The van der Waals surface area contributed by atoms with Crippen molar-refractivity contribution in [3.63, 3.8) is 0 Å². The fraction of sp³-hybridized carbons (Fsp3) is 0.350. The molecule has 4 nitrogen and oxygen atoms in total. The van der Waals surface area contributed by atoms with Crippen molar-refractivity contribution in [2.24, 2.45) is 0 Å². The molecule has 6 heteroatoms. The Hall–Kier alpha value is -2.47. The molecule has 26 heavy (non-hydrogen) atoms. The molecule has 0 spiro atoms. The number of hydrogen-bond donors (Lipinski definition) is 1. The Kier molecular flexibility index (Phi) is 5.83. The number of ether oxygens (including phenoxy) is 1. The zero-order chi connectivity index (χ0) is 18.5. The predicted molar refractivity (Wildman–Crippen MR) is 97.3 cm³/mol. The minimum absolute atomic E-state index is 0.231. The van der Waals surface area contributed by atoms with Gasteiger partial charge in [0.1, 0.15) is 19.1 Å². The number of hydrogen-bond acceptors (Lipinski definition) is 3. The number of amides is 1. The second kappa shape index (κ2) is 8.27. The fourth-order valence-electron chi connectivity index (χ4n) is 3.19. The summed E-state index contributed by atoms with van der Waals surface area (Å²) < 4.78 is 32.0. The fourth-order valence-corrected chi connectivity index (χ4v) is 3.19. The molecule has 1 saturated heterocycles. The summed E-state index contributed by atoms with van der Waals surface area (Å²) in [7, 11) is 2.01. The number of nitrogens with zero attached hydrogens (tertiary/aromatic N) is 1. The highest BCUT2D eigenvalue weighted by Crippen LogP contribution is 2.30. The summed E-state index contributed by atoms with van der Waals surface area (Å²) in [5, 5.41) is 2.67. The van der Waals surface area contributed by atoms with Gasteiger partial charge < -0.3 is 9.64 Å². The molecule has 1 heterocycles. The third kappa shape index (κ3) is 4.38. The van der Waals surface area contributed by atoms with Crippen molar-refractivity contribution in [1.82, 2.24) is 4.90 Å². The molecule has 1 atom stereocenters. The first-order valence-corrected chi connectivity index (χ1v) is 8.65. The zero-order valence-electron chi connectivity index (χ0n) is 14.7. The summed E-state index contributed by atoms with van der Waals surface area (Å²) in [6.07, 6.45) is 1.51. The highest BCUT2D eigenvalue weighted by molar-refractivity contribution is 5.91. The van der Waals surface area contributed by atoms with Crippen molar-refractivity contribution in [2.45, 2.75) is 25.6 Å². The van der Waals surface area contributed by atoms with Gasteiger partial charge in [0.15, 0.2) is 0 Å². The van der Waals surface area contributed by atoms with Crippen LogP contribution in [0.25, 0.3) is 11.1 Å². The van der Waals surface area contributed by atoms with E-state index in [1.807, 2.05) is 7.05 Å². The first-order valence-electron chi connectivity index (χ1n) is 8.65. The SMILES string of the molecule is CN1CCC[C@H]1COC(=O)Nc1ccc(F)cc1-c1cccc(CF)c1. The van der Waals surface area contributed by atoms with Gasteiger partial charge in [-0.25, -0.2) is 13.6 Å². The molecule has 2 aromatic rings. The standard InChI is InChI=1S/C20H22F2N2O2/c1-24-9-3-6-17(24)13-26-20(25)23-19-8-7-16(22)11-18(19)15-5-2-4-14(10-15)12-21/h2,4-5,7-8,10-11,17H,3,6,9,12-13H2,1H3,(H,23,25)/t17-/m0/s1. The maximum Gasteiger partial charge on any atom is 0.411 e. The maximum absolute atomic E-state index is 13.7. The second-order valence-corrected chi connectivity index (χ2v) is 6.52. The lowest BCUT2D eigenvalue weighted by Gasteiger charge is -2.19. The summed E-state index contributed by atoms with van der Waals surface area (Å²) in [5.41, 5.74) is 2.03. The molecular formula is C20H22F2N2O2. The molecule has 2 aromatic carbocycles. The van der Waals surface area contributed by atoms with E-state index in [9.17, 15) is 13.6 Å². The number of rotatable bonds is 5. The number of likely N-dealkylation sites (tertiary alicyclic amines) is 1. The summed E-state index contributed by atoms with van der Waals surface area (Å²) >= 11 is 0. The van der Waals surface area contributed by atoms with Crippen LogP contribution in [0.2, 0.25) is 0 Å². The molecule has 1 fully saturated rings. The van der Waals surface area contributed by atoms with Gasteiger partial charge in [-0.3, -0.25) is 5.32 Å². The van der Waals surface area contributed by atoms with Crippen LogP contribution in [0.4, 0.5) is 19.3 Å². The van der Waals surface area contributed by atoms with Crippen LogP contribution in [-0.4, -0.2) is 37.2 Å². The van der Waals surface area contributed by atoms with E-state index in [0.717, 1.165) is 19.4 Å². The molecule has 1 aliphatic heterocycles. The molecule has 1 amide bonds. The number of alkyl halides is 1. The van der Waals surface area contributed by atoms with Gasteiger partial charge in [0.05, 0.1) is 5.69 Å². The smallest absolute Gasteiger partial charge is 0.411 e. The average molecular weight is 360 g/mol. The summed E-state index contributed by atoms with van der Waals surface area (Å²) in [5.74, 6) is -0.433. The summed E-state index contributed by atoms with van der Waals surface area (Å²) in [6.45, 7) is 0.710. The van der Waals surface area contributed by atoms with Crippen molar-refractivity contribution >= 4 is 11.8 Å². The molecule has 1 N–H and O–H groups in total. The van der Waals surface area contributed by atoms with Crippen molar-refractivity contribution in [3.05, 3.63) is 53.8 Å². The van der Waals surface area contributed by atoms with Gasteiger partial charge in [0.2, 0.25) is 0 Å². The number of carbonyl (C=O) groups is 1. The minimum atomic E-state index is -0.608. The lowest BCUT2D eigenvalue weighted by Crippen LogP contribution is -2.31. The highest BCUT2D eigenvalue weighted by atomic mass is 19.1. The Morgan fingerprint density at radius 3 is 2.88 bits per heavy atom. The minimum Gasteiger partial charge on any atom is -0.448 e. The van der Waals surface area contributed by atoms with Crippen LogP contribution in [0, 0.1) is 5.82 Å². The Morgan fingerprint density at radius 2 is 2.15 bits per heavy atom. The number of nitrogens with one attached hydrogen (secondary N) is 1. The quantitative estimate of drug-likeness (QED) is 0.847. The monoisotopic (exact) mass is 360 g/mol. The van der Waals surface area contributed by atoms with E-state index < -0.39 is 18.6 Å². The van der Waals surface area contributed by atoms with Gasteiger partial charge in [0, 0.05) is 11.6 Å². The molecule has 3 rings (SSSR count). The molecule has 138 valence electrons. The van der Waals surface area contributed by atoms with Crippen molar-refractivity contribution in [2.75, 3.05) is 25.5 Å². The first kappa shape index (κ1) is 18.3. The number of benzene rings is 2. The van der Waals surface area contributed by atoms with Crippen LogP contribution in [-0.2, 0) is 11.4 Å². The number of carbonyl (C=O) groups excluding carboxylic acids is 1. The van der Waals surface area contributed by atoms with E-state index in [1.165, 1.54) is 18.2 Å². The largest absolute Gasteiger partial charge is 0.448 e. The molecule has 0 radical (unpaired) electrons. The lowest BCUT2D eigenvalue weighted by atomic mass is 10.0. The van der Waals surface area contributed by atoms with Crippen molar-refractivity contribution < 1.29 is 18.3 Å². The van der Waals surface area contributed by atoms with Crippen molar-refractivity contribution in [1.29, 1.82) is 0 Å². The Labute approximate surface area is 151 Å². The van der Waals surface area contributed by atoms with Crippen LogP contribution in [0.3, 0.4) is 0 Å². The summed E-state index contributed by atoms with van der Waals surface area (Å²) in [6, 6.07) is 11.0. The van der Waals surface area contributed by atoms with E-state index in [4.69, 9.17) is 4.74 Å². The normalized spacial score (nSPS) is 17.3. The van der Waals surface area contributed by atoms with Gasteiger partial charge in [-0.2, -0.15) is 0 Å². The topological polar surface area (TPSA) is 41.6 Å². The first-order chi connectivity index (χ1) is 12.6. The average Bonchev–Trinajstić information content (AvgIpc) is 3.06. The van der Waals surface area contributed by atoms with Gasteiger partial charge in [-0.05, 0) is 61.8 Å². The van der Waals surface area contributed by atoms with Gasteiger partial charge in [0.25, 0.3) is 0 Å². The highest BCUT2D eigenvalue weighted by Gasteiger charge is 2.22. The van der Waals surface area contributed by atoms with E-state index >= 15 is 0 Å². The Balaban J connectivity index is 1.74. The zero-order valence-corrected chi connectivity index (χ0v) is 14.7. The van der Waals surface area contributed by atoms with E-state index in [-0.39, 0.29) is 6.04 Å². The number of halogens is 2. The van der Waals surface area contributed by atoms with Crippen LogP contribution >= 0.6 is 0 Å². The summed E-state index contributed by atoms with van der Waals surface area (Å²) in [4.78, 5) is 14.3. The Morgan fingerprint density at radius 1 is 1.31 bits per heavy atom. The van der Waals surface area contributed by atoms with Crippen molar-refractivity contribution in [3.8, 4) is 11.1 Å². The van der Waals surface area contributed by atoms with Crippen LogP contribution in [0.1, 0.15) is 18.4 Å². The molecule has 0 aromatic heterocycles. The van der Waals surface area contributed by atoms with E-state index in [1.54, 1.807) is 24.3 Å². The third-order valence-electron chi connectivity index (χ3n) is 4.69. The molecule has 0 saturated carbocycles. The molecule has 0 aliphatic carbocycles. The second-order valence-electron chi connectivity index (χ2n) is 6.52. The van der Waals surface area contributed by atoms with E-state index in [0.29, 0.717) is 29.0 Å². The molecular weight excluding hydrogens is 338 g/mol.